The third-order valence-electron chi connectivity index (χ3n) is 3.98. The Labute approximate surface area is 134 Å². The predicted octanol–water partition coefficient (Wildman–Crippen LogP) is 3.77. The van der Waals surface area contributed by atoms with Gasteiger partial charge in [0, 0.05) is 31.7 Å². The Kier molecular flexibility index (Phi) is 4.62. The summed E-state index contributed by atoms with van der Waals surface area (Å²) in [6.45, 7) is 4.89. The minimum absolute atomic E-state index is 0.334. The van der Waals surface area contributed by atoms with E-state index in [0.29, 0.717) is 11.2 Å². The van der Waals surface area contributed by atoms with E-state index in [1.165, 1.54) is 4.88 Å². The van der Waals surface area contributed by atoms with Crippen molar-refractivity contribution in [2.45, 2.75) is 26.2 Å². The largest absolute Gasteiger partial charge is 0.381 e. The molecular formula is C15H20ClN3OS. The van der Waals surface area contributed by atoms with E-state index in [2.05, 4.69) is 34.9 Å². The molecule has 4 nitrogen and oxygen atoms in total. The van der Waals surface area contributed by atoms with Crippen molar-refractivity contribution in [1.29, 1.82) is 0 Å². The van der Waals surface area contributed by atoms with Crippen LogP contribution >= 0.6 is 22.9 Å². The summed E-state index contributed by atoms with van der Waals surface area (Å²) in [5.74, 6) is 1.62. The predicted molar refractivity (Wildman–Crippen MR) is 88.6 cm³/mol. The second-order valence-corrected chi connectivity index (χ2v) is 6.99. The molecule has 0 spiro atoms. The number of aromatic nitrogens is 2. The molecule has 1 saturated heterocycles. The number of ether oxygens (including phenoxy) is 1. The maximum atomic E-state index is 6.10. The van der Waals surface area contributed by atoms with Crippen molar-refractivity contribution in [1.82, 2.24) is 9.97 Å². The van der Waals surface area contributed by atoms with E-state index in [1.807, 2.05) is 0 Å². The molecule has 0 N–H and O–H groups in total. The number of anilines is 1. The molecule has 0 saturated carbocycles. The van der Waals surface area contributed by atoms with Crippen LogP contribution < -0.4 is 4.90 Å². The summed E-state index contributed by atoms with van der Waals surface area (Å²) in [6.07, 6.45) is 3.26. The molecule has 1 aliphatic heterocycles. The minimum atomic E-state index is 0.334. The number of aryl methyl sites for hydroxylation is 1. The number of thiophene rings is 1. The van der Waals surface area contributed by atoms with Gasteiger partial charge in [-0.25, -0.2) is 4.98 Å². The Morgan fingerprint density at radius 2 is 2.14 bits per heavy atom. The molecule has 114 valence electrons. The van der Waals surface area contributed by atoms with Gasteiger partial charge in [0.25, 0.3) is 0 Å². The Morgan fingerprint density at radius 1 is 1.38 bits per heavy atom. The van der Waals surface area contributed by atoms with Crippen molar-refractivity contribution in [2.75, 3.05) is 31.7 Å². The first-order valence-corrected chi connectivity index (χ1v) is 8.61. The van der Waals surface area contributed by atoms with Gasteiger partial charge in [-0.3, -0.25) is 0 Å². The Bertz CT molecular complexity index is 625. The SMILES string of the molecule is CCc1cc2c(N(C)CC3CCOCC3)nc(Cl)nc2s1. The topological polar surface area (TPSA) is 38.2 Å². The first-order chi connectivity index (χ1) is 10.2. The van der Waals surface area contributed by atoms with Gasteiger partial charge in [0.15, 0.2) is 0 Å². The zero-order chi connectivity index (χ0) is 14.8. The number of hydrogen-bond acceptors (Lipinski definition) is 5. The number of nitrogens with zero attached hydrogens (tertiary/aromatic N) is 3. The lowest BCUT2D eigenvalue weighted by Crippen LogP contribution is -2.30. The van der Waals surface area contributed by atoms with E-state index in [4.69, 9.17) is 16.3 Å². The highest BCUT2D eigenvalue weighted by Gasteiger charge is 2.19. The van der Waals surface area contributed by atoms with Crippen LogP contribution in [0.25, 0.3) is 10.2 Å². The van der Waals surface area contributed by atoms with Gasteiger partial charge in [-0.2, -0.15) is 4.98 Å². The third-order valence-corrected chi connectivity index (χ3v) is 5.32. The zero-order valence-electron chi connectivity index (χ0n) is 12.4. The second kappa shape index (κ2) is 6.46. The third kappa shape index (κ3) is 3.30. The fourth-order valence-electron chi connectivity index (χ4n) is 2.80. The van der Waals surface area contributed by atoms with Crippen molar-refractivity contribution >= 4 is 39.0 Å². The van der Waals surface area contributed by atoms with Crippen molar-refractivity contribution in [3.8, 4) is 0 Å². The van der Waals surface area contributed by atoms with Crippen LogP contribution in [0.3, 0.4) is 0 Å². The molecule has 2 aromatic rings. The van der Waals surface area contributed by atoms with Crippen LogP contribution in [-0.2, 0) is 11.2 Å². The van der Waals surface area contributed by atoms with Gasteiger partial charge in [0.2, 0.25) is 5.28 Å². The molecule has 0 atom stereocenters. The smallest absolute Gasteiger partial charge is 0.225 e. The standard InChI is InChI=1S/C15H20ClN3OS/c1-3-11-8-12-13(17-15(16)18-14(12)21-11)19(2)9-10-4-6-20-7-5-10/h8,10H,3-7,9H2,1-2H3. The van der Waals surface area contributed by atoms with Crippen LogP contribution in [0.5, 0.6) is 0 Å². The van der Waals surface area contributed by atoms with Gasteiger partial charge in [-0.1, -0.05) is 6.92 Å². The van der Waals surface area contributed by atoms with E-state index < -0.39 is 0 Å². The lowest BCUT2D eigenvalue weighted by atomic mass is 10.00. The van der Waals surface area contributed by atoms with Crippen LogP contribution in [-0.4, -0.2) is 36.8 Å². The molecule has 21 heavy (non-hydrogen) atoms. The summed E-state index contributed by atoms with van der Waals surface area (Å²) >= 11 is 7.81. The minimum Gasteiger partial charge on any atom is -0.381 e. The van der Waals surface area contributed by atoms with Gasteiger partial charge < -0.3 is 9.64 Å². The molecule has 0 aliphatic carbocycles. The van der Waals surface area contributed by atoms with Crippen LogP contribution in [0, 0.1) is 5.92 Å². The normalized spacial score (nSPS) is 16.5. The van der Waals surface area contributed by atoms with Crippen LogP contribution in [0.1, 0.15) is 24.6 Å². The Morgan fingerprint density at radius 3 is 2.86 bits per heavy atom. The molecular weight excluding hydrogens is 306 g/mol. The first kappa shape index (κ1) is 15.0. The van der Waals surface area contributed by atoms with Gasteiger partial charge in [0.05, 0.1) is 5.39 Å². The highest BCUT2D eigenvalue weighted by molar-refractivity contribution is 7.18. The molecule has 3 heterocycles. The summed E-state index contributed by atoms with van der Waals surface area (Å²) in [5.41, 5.74) is 0. The van der Waals surface area contributed by atoms with Gasteiger partial charge >= 0.3 is 0 Å². The molecule has 1 aliphatic rings. The van der Waals surface area contributed by atoms with Crippen molar-refractivity contribution in [3.05, 3.63) is 16.2 Å². The quantitative estimate of drug-likeness (QED) is 0.802. The molecule has 3 rings (SSSR count). The van der Waals surface area contributed by atoms with Gasteiger partial charge in [0.1, 0.15) is 10.6 Å². The highest BCUT2D eigenvalue weighted by atomic mass is 35.5. The summed E-state index contributed by atoms with van der Waals surface area (Å²) in [5, 5.41) is 1.46. The number of hydrogen-bond donors (Lipinski definition) is 0. The molecule has 1 fully saturated rings. The maximum Gasteiger partial charge on any atom is 0.225 e. The zero-order valence-corrected chi connectivity index (χ0v) is 14.0. The summed E-state index contributed by atoms with van der Waals surface area (Å²) in [4.78, 5) is 13.4. The molecule has 0 amide bonds. The summed E-state index contributed by atoms with van der Waals surface area (Å²) in [6, 6.07) is 2.20. The van der Waals surface area contributed by atoms with Crippen molar-refractivity contribution < 1.29 is 4.74 Å². The van der Waals surface area contributed by atoms with E-state index in [9.17, 15) is 0 Å². The Balaban J connectivity index is 1.88. The monoisotopic (exact) mass is 325 g/mol. The maximum absolute atomic E-state index is 6.10. The molecule has 0 radical (unpaired) electrons. The van der Waals surface area contributed by atoms with E-state index in [-0.39, 0.29) is 0 Å². The average molecular weight is 326 g/mol. The first-order valence-electron chi connectivity index (χ1n) is 7.42. The lowest BCUT2D eigenvalue weighted by molar-refractivity contribution is 0.0685. The second-order valence-electron chi connectivity index (χ2n) is 5.54. The molecule has 6 heteroatoms. The van der Waals surface area contributed by atoms with Gasteiger partial charge in [-0.05, 0) is 42.8 Å². The number of rotatable bonds is 4. The summed E-state index contributed by atoms with van der Waals surface area (Å²) < 4.78 is 5.43. The van der Waals surface area contributed by atoms with Crippen LogP contribution in [0.2, 0.25) is 5.28 Å². The van der Waals surface area contributed by atoms with Crippen molar-refractivity contribution in [2.24, 2.45) is 5.92 Å². The highest BCUT2D eigenvalue weighted by Crippen LogP contribution is 2.32. The fourth-order valence-corrected chi connectivity index (χ4v) is 3.98. The van der Waals surface area contributed by atoms with E-state index in [1.54, 1.807) is 11.3 Å². The fraction of sp³-hybridized carbons (Fsp3) is 0.600. The summed E-state index contributed by atoms with van der Waals surface area (Å²) in [7, 11) is 2.09. The molecule has 2 aromatic heterocycles. The van der Waals surface area contributed by atoms with Crippen LogP contribution in [0.15, 0.2) is 6.07 Å². The van der Waals surface area contributed by atoms with E-state index in [0.717, 1.165) is 55.1 Å². The molecule has 0 aromatic carbocycles. The lowest BCUT2D eigenvalue weighted by Gasteiger charge is -2.28. The molecule has 0 bridgehead atoms. The van der Waals surface area contributed by atoms with Crippen LogP contribution in [0.4, 0.5) is 5.82 Å². The van der Waals surface area contributed by atoms with Gasteiger partial charge in [-0.15, -0.1) is 11.3 Å². The average Bonchev–Trinajstić information content (AvgIpc) is 2.90. The van der Waals surface area contributed by atoms with Crippen molar-refractivity contribution in [3.63, 3.8) is 0 Å². The number of halogens is 1. The van der Waals surface area contributed by atoms with E-state index >= 15 is 0 Å². The number of fused-ring (bicyclic) bond motifs is 1. The Hall–Kier alpha value is -0.910. The molecule has 0 unspecified atom stereocenters.